The zero-order valence-electron chi connectivity index (χ0n) is 12.7. The van der Waals surface area contributed by atoms with Gasteiger partial charge in [-0.2, -0.15) is 5.10 Å². The van der Waals surface area contributed by atoms with Gasteiger partial charge in [0.2, 0.25) is 5.91 Å². The number of aryl methyl sites for hydroxylation is 1. The average molecular weight is 292 g/mol. The minimum Gasteiger partial charge on any atom is -0.353 e. The molecule has 0 fully saturated rings. The van der Waals surface area contributed by atoms with Gasteiger partial charge in [0.25, 0.3) is 5.56 Å². The van der Waals surface area contributed by atoms with Crippen LogP contribution in [0.2, 0.25) is 0 Å². The summed E-state index contributed by atoms with van der Waals surface area (Å²) in [6.07, 6.45) is 2.84. The number of nitrogens with one attached hydrogen (secondary N) is 1. The molecular weight excluding hydrogens is 272 g/mol. The molecule has 2 aromatic rings. The minimum atomic E-state index is -0.260. The maximum atomic E-state index is 12.2. The van der Waals surface area contributed by atoms with E-state index in [0.29, 0.717) is 17.6 Å². The predicted molar refractivity (Wildman–Crippen MR) is 78.9 cm³/mol. The molecule has 0 saturated heterocycles. The number of aromatic nitrogens is 4. The van der Waals surface area contributed by atoms with Crippen molar-refractivity contribution in [2.75, 3.05) is 20.6 Å². The summed E-state index contributed by atoms with van der Waals surface area (Å²) >= 11 is 0. The summed E-state index contributed by atoms with van der Waals surface area (Å²) in [5, 5.41) is 7.21. The summed E-state index contributed by atoms with van der Waals surface area (Å²) in [4.78, 5) is 30.3. The van der Waals surface area contributed by atoms with Gasteiger partial charge in [0, 0.05) is 19.6 Å². The highest BCUT2D eigenvalue weighted by Gasteiger charge is 2.11. The quantitative estimate of drug-likeness (QED) is 0.779. The van der Waals surface area contributed by atoms with E-state index in [-0.39, 0.29) is 24.1 Å². The number of carbonyl (C=O) groups is 1. The maximum absolute atomic E-state index is 12.2. The van der Waals surface area contributed by atoms with Crippen molar-refractivity contribution in [3.05, 3.63) is 22.9 Å². The first-order chi connectivity index (χ1) is 9.90. The van der Waals surface area contributed by atoms with E-state index in [1.807, 2.05) is 25.9 Å². The van der Waals surface area contributed by atoms with Crippen molar-refractivity contribution in [2.45, 2.75) is 19.5 Å². The fourth-order valence-electron chi connectivity index (χ4n) is 1.83. The second-order valence-corrected chi connectivity index (χ2v) is 5.30. The predicted octanol–water partition coefficient (Wildman–Crippen LogP) is -0.804. The number of likely N-dealkylation sites (N-methyl/N-ethyl adjacent to an activating group) is 1. The first-order valence-electron chi connectivity index (χ1n) is 6.70. The molecule has 0 spiro atoms. The molecule has 1 N–H and O–H groups in total. The second kappa shape index (κ2) is 6.04. The van der Waals surface area contributed by atoms with Crippen LogP contribution < -0.4 is 10.9 Å². The van der Waals surface area contributed by atoms with Crippen LogP contribution in [0.5, 0.6) is 0 Å². The smallest absolute Gasteiger partial charge is 0.264 e. The van der Waals surface area contributed by atoms with E-state index in [2.05, 4.69) is 15.4 Å². The van der Waals surface area contributed by atoms with Crippen LogP contribution in [0.25, 0.3) is 11.0 Å². The first-order valence-corrected chi connectivity index (χ1v) is 6.70. The van der Waals surface area contributed by atoms with Gasteiger partial charge in [-0.1, -0.05) is 0 Å². The molecule has 1 atom stereocenters. The molecule has 0 aliphatic heterocycles. The van der Waals surface area contributed by atoms with E-state index in [1.54, 1.807) is 7.05 Å². The third-order valence-corrected chi connectivity index (χ3v) is 3.51. The number of nitrogens with zero attached hydrogens (tertiary/aromatic N) is 5. The topological polar surface area (TPSA) is 85.0 Å². The Morgan fingerprint density at radius 2 is 2.19 bits per heavy atom. The molecule has 2 heterocycles. The van der Waals surface area contributed by atoms with E-state index >= 15 is 0 Å². The molecular formula is C13H20N6O2. The fraction of sp³-hybridized carbons (Fsp3) is 0.538. The molecule has 0 radical (unpaired) electrons. The van der Waals surface area contributed by atoms with Gasteiger partial charge in [-0.3, -0.25) is 18.8 Å². The van der Waals surface area contributed by atoms with Gasteiger partial charge in [0.1, 0.15) is 18.3 Å². The van der Waals surface area contributed by atoms with Crippen molar-refractivity contribution in [1.82, 2.24) is 29.5 Å². The summed E-state index contributed by atoms with van der Waals surface area (Å²) < 4.78 is 2.82. The number of carbonyl (C=O) groups excluding carboxylic acids is 1. The second-order valence-electron chi connectivity index (χ2n) is 5.30. The van der Waals surface area contributed by atoms with Gasteiger partial charge in [0.05, 0.1) is 6.20 Å². The van der Waals surface area contributed by atoms with Gasteiger partial charge in [-0.05, 0) is 21.0 Å². The summed E-state index contributed by atoms with van der Waals surface area (Å²) in [7, 11) is 5.61. The van der Waals surface area contributed by atoms with Gasteiger partial charge >= 0.3 is 0 Å². The molecule has 0 aliphatic rings. The lowest BCUT2D eigenvalue weighted by molar-refractivity contribution is -0.121. The van der Waals surface area contributed by atoms with Gasteiger partial charge in [-0.25, -0.2) is 4.98 Å². The number of hydrogen-bond donors (Lipinski definition) is 1. The number of hydrogen-bond acceptors (Lipinski definition) is 5. The normalized spacial score (nSPS) is 12.8. The zero-order chi connectivity index (χ0) is 15.6. The summed E-state index contributed by atoms with van der Waals surface area (Å²) in [5.41, 5.74) is 0.252. The monoisotopic (exact) mass is 292 g/mol. The highest BCUT2D eigenvalue weighted by atomic mass is 16.2. The first kappa shape index (κ1) is 15.2. The standard InChI is InChI=1S/C13H20N6O2/c1-9(17(2)3)5-14-11(20)7-19-8-15-12-10(13(19)21)6-16-18(12)4/h6,8-9H,5,7H2,1-4H3,(H,14,20). The number of amides is 1. The Kier molecular flexibility index (Phi) is 4.37. The van der Waals surface area contributed by atoms with E-state index in [9.17, 15) is 9.59 Å². The Morgan fingerprint density at radius 1 is 1.48 bits per heavy atom. The van der Waals surface area contributed by atoms with Crippen molar-refractivity contribution in [1.29, 1.82) is 0 Å². The lowest BCUT2D eigenvalue weighted by Crippen LogP contribution is -2.40. The maximum Gasteiger partial charge on any atom is 0.264 e. The molecule has 0 bridgehead atoms. The molecule has 8 heteroatoms. The lowest BCUT2D eigenvalue weighted by atomic mass is 10.3. The Labute approximate surface area is 122 Å². The summed E-state index contributed by atoms with van der Waals surface area (Å²) in [6.45, 7) is 2.50. The molecule has 0 saturated carbocycles. The van der Waals surface area contributed by atoms with Crippen LogP contribution in [0.15, 0.2) is 17.3 Å². The van der Waals surface area contributed by atoms with Crippen LogP contribution in [0.3, 0.4) is 0 Å². The summed E-state index contributed by atoms with van der Waals surface area (Å²) in [5.74, 6) is -0.212. The lowest BCUT2D eigenvalue weighted by Gasteiger charge is -2.20. The van der Waals surface area contributed by atoms with E-state index in [4.69, 9.17) is 0 Å². The highest BCUT2D eigenvalue weighted by Crippen LogP contribution is 2.02. The van der Waals surface area contributed by atoms with Crippen molar-refractivity contribution in [3.8, 4) is 0 Å². The van der Waals surface area contributed by atoms with Crippen molar-refractivity contribution < 1.29 is 4.79 Å². The van der Waals surface area contributed by atoms with E-state index in [1.165, 1.54) is 21.8 Å². The largest absolute Gasteiger partial charge is 0.353 e. The average Bonchev–Trinajstić information content (AvgIpc) is 2.81. The van der Waals surface area contributed by atoms with Crippen molar-refractivity contribution >= 4 is 16.9 Å². The SMILES string of the molecule is CC(CNC(=O)Cn1cnc2c(cnn2C)c1=O)N(C)C. The molecule has 1 amide bonds. The van der Waals surface area contributed by atoms with Gasteiger partial charge in [-0.15, -0.1) is 0 Å². The molecule has 114 valence electrons. The number of rotatable bonds is 5. The number of fused-ring (bicyclic) bond motifs is 1. The van der Waals surface area contributed by atoms with E-state index in [0.717, 1.165) is 0 Å². The van der Waals surface area contributed by atoms with Crippen molar-refractivity contribution in [2.24, 2.45) is 7.05 Å². The van der Waals surface area contributed by atoms with Crippen LogP contribution in [-0.2, 0) is 18.4 Å². The molecule has 0 aliphatic carbocycles. The zero-order valence-corrected chi connectivity index (χ0v) is 12.7. The molecule has 1 unspecified atom stereocenters. The molecule has 8 nitrogen and oxygen atoms in total. The Morgan fingerprint density at radius 3 is 2.86 bits per heavy atom. The third kappa shape index (κ3) is 3.27. The Balaban J connectivity index is 2.08. The minimum absolute atomic E-state index is 0.0448. The van der Waals surface area contributed by atoms with E-state index < -0.39 is 0 Å². The molecule has 0 aromatic carbocycles. The van der Waals surface area contributed by atoms with Crippen LogP contribution in [0.4, 0.5) is 0 Å². The summed E-state index contributed by atoms with van der Waals surface area (Å²) in [6, 6.07) is 0.226. The fourth-order valence-corrected chi connectivity index (χ4v) is 1.83. The third-order valence-electron chi connectivity index (χ3n) is 3.51. The molecule has 2 aromatic heterocycles. The van der Waals surface area contributed by atoms with Crippen LogP contribution in [0, 0.1) is 0 Å². The molecule has 21 heavy (non-hydrogen) atoms. The Bertz CT molecular complexity index is 702. The Hall–Kier alpha value is -2.22. The van der Waals surface area contributed by atoms with Gasteiger partial charge < -0.3 is 10.2 Å². The van der Waals surface area contributed by atoms with Crippen LogP contribution in [0.1, 0.15) is 6.92 Å². The van der Waals surface area contributed by atoms with Crippen molar-refractivity contribution in [3.63, 3.8) is 0 Å². The van der Waals surface area contributed by atoms with Crippen LogP contribution in [-0.4, -0.2) is 56.8 Å². The van der Waals surface area contributed by atoms with Crippen LogP contribution >= 0.6 is 0 Å². The molecule has 2 rings (SSSR count). The van der Waals surface area contributed by atoms with Gasteiger partial charge in [0.15, 0.2) is 5.65 Å². The highest BCUT2D eigenvalue weighted by molar-refractivity contribution is 5.77.